The summed E-state index contributed by atoms with van der Waals surface area (Å²) in [6.07, 6.45) is 7.41. The zero-order valence-corrected chi connectivity index (χ0v) is 13.0. The largest absolute Gasteiger partial charge is 0.349 e. The molecule has 0 radical (unpaired) electrons. The summed E-state index contributed by atoms with van der Waals surface area (Å²) in [7, 11) is 0. The smallest absolute Gasteiger partial charge is 0.223 e. The molecule has 2 bridgehead atoms. The summed E-state index contributed by atoms with van der Waals surface area (Å²) in [5, 5.41) is 3.25. The minimum atomic E-state index is -0.217. The van der Waals surface area contributed by atoms with Gasteiger partial charge in [-0.1, -0.05) is 20.3 Å². The van der Waals surface area contributed by atoms with Crippen molar-refractivity contribution in [3.05, 3.63) is 0 Å². The number of nitrogens with two attached hydrogens (primary N) is 2. The lowest BCUT2D eigenvalue weighted by Crippen LogP contribution is -2.56. The van der Waals surface area contributed by atoms with Gasteiger partial charge >= 0.3 is 0 Å². The van der Waals surface area contributed by atoms with Crippen LogP contribution in [0.3, 0.4) is 0 Å². The van der Waals surface area contributed by atoms with E-state index in [-0.39, 0.29) is 17.4 Å². The topological polar surface area (TPSA) is 81.1 Å². The molecule has 0 aliphatic heterocycles. The molecule has 0 aromatic carbocycles. The van der Waals surface area contributed by atoms with Crippen LogP contribution in [0.5, 0.6) is 0 Å². The molecule has 1 amide bonds. The maximum atomic E-state index is 12.6. The van der Waals surface area contributed by atoms with Gasteiger partial charge < -0.3 is 16.8 Å². The third-order valence-corrected chi connectivity index (χ3v) is 5.92. The second-order valence-electron chi connectivity index (χ2n) is 6.88. The summed E-state index contributed by atoms with van der Waals surface area (Å²) >= 11 is 0. The number of fused-ring (bicyclic) bond motifs is 2. The number of carbonyl (C=O) groups excluding carboxylic acids is 1. The Kier molecular flexibility index (Phi) is 5.08. The number of rotatable bonds is 5. The van der Waals surface area contributed by atoms with Crippen LogP contribution in [0.15, 0.2) is 0 Å². The Hall–Kier alpha value is -0.610. The molecule has 20 heavy (non-hydrogen) atoms. The molecule has 4 nitrogen and oxygen atoms in total. The highest BCUT2D eigenvalue weighted by Gasteiger charge is 2.41. The summed E-state index contributed by atoms with van der Waals surface area (Å²) < 4.78 is 0. The Balaban J connectivity index is 2.00. The molecule has 2 rings (SSSR count). The van der Waals surface area contributed by atoms with Crippen LogP contribution >= 0.6 is 0 Å². The van der Waals surface area contributed by atoms with E-state index in [4.69, 9.17) is 11.5 Å². The number of amides is 1. The van der Waals surface area contributed by atoms with Crippen LogP contribution in [0.2, 0.25) is 0 Å². The van der Waals surface area contributed by atoms with E-state index in [1.54, 1.807) is 0 Å². The lowest BCUT2D eigenvalue weighted by Gasteiger charge is -2.44. The van der Waals surface area contributed by atoms with Gasteiger partial charge in [0.05, 0.1) is 5.54 Å². The number of carbonyl (C=O) groups is 1. The van der Waals surface area contributed by atoms with Crippen LogP contribution in [0.1, 0.15) is 58.8 Å². The minimum Gasteiger partial charge on any atom is -0.349 e. The average molecular weight is 281 g/mol. The molecule has 0 aromatic heterocycles. The molecular formula is C16H31N3O. The zero-order valence-electron chi connectivity index (χ0n) is 13.0. The van der Waals surface area contributed by atoms with E-state index in [0.717, 1.165) is 25.7 Å². The molecule has 0 heterocycles. The third kappa shape index (κ3) is 3.01. The normalized spacial score (nSPS) is 33.8. The van der Waals surface area contributed by atoms with E-state index in [1.165, 1.54) is 19.3 Å². The van der Waals surface area contributed by atoms with Crippen molar-refractivity contribution in [2.24, 2.45) is 29.2 Å². The van der Waals surface area contributed by atoms with Crippen molar-refractivity contribution in [1.82, 2.24) is 5.32 Å². The van der Waals surface area contributed by atoms with Crippen molar-refractivity contribution in [1.29, 1.82) is 0 Å². The highest BCUT2D eigenvalue weighted by Crippen LogP contribution is 2.42. The van der Waals surface area contributed by atoms with Crippen LogP contribution in [0.25, 0.3) is 0 Å². The monoisotopic (exact) mass is 281 g/mol. The van der Waals surface area contributed by atoms with E-state index in [1.807, 2.05) is 0 Å². The van der Waals surface area contributed by atoms with E-state index in [2.05, 4.69) is 19.2 Å². The van der Waals surface area contributed by atoms with Crippen LogP contribution < -0.4 is 16.8 Å². The Morgan fingerprint density at radius 1 is 1.20 bits per heavy atom. The van der Waals surface area contributed by atoms with Crippen LogP contribution in [-0.2, 0) is 4.79 Å². The van der Waals surface area contributed by atoms with Crippen molar-refractivity contribution >= 4 is 5.91 Å². The van der Waals surface area contributed by atoms with E-state index < -0.39 is 0 Å². The van der Waals surface area contributed by atoms with Gasteiger partial charge in [-0.25, -0.2) is 0 Å². The molecule has 2 aliphatic carbocycles. The van der Waals surface area contributed by atoms with Crippen molar-refractivity contribution < 1.29 is 4.79 Å². The fourth-order valence-corrected chi connectivity index (χ4v) is 4.13. The quantitative estimate of drug-likeness (QED) is 0.718. The molecule has 0 saturated heterocycles. The summed E-state index contributed by atoms with van der Waals surface area (Å²) in [5.41, 5.74) is 12.0. The second-order valence-corrected chi connectivity index (χ2v) is 6.88. The van der Waals surface area contributed by atoms with Gasteiger partial charge in [-0.2, -0.15) is 0 Å². The predicted molar refractivity (Wildman–Crippen MR) is 82.0 cm³/mol. The van der Waals surface area contributed by atoms with Crippen LogP contribution in [-0.4, -0.2) is 24.0 Å². The van der Waals surface area contributed by atoms with Gasteiger partial charge in [-0.15, -0.1) is 0 Å². The fourth-order valence-electron chi connectivity index (χ4n) is 4.13. The highest BCUT2D eigenvalue weighted by molar-refractivity contribution is 5.79. The first-order chi connectivity index (χ1) is 9.55. The minimum absolute atomic E-state index is 0.147. The SMILES string of the molecule is CCC(CC)(CN)NC(=O)C1CC2CCCC(C1)C2N. The molecule has 5 N–H and O–H groups in total. The highest BCUT2D eigenvalue weighted by atomic mass is 16.2. The Morgan fingerprint density at radius 2 is 1.75 bits per heavy atom. The summed E-state index contributed by atoms with van der Waals surface area (Å²) in [6, 6.07) is 0.324. The van der Waals surface area contributed by atoms with E-state index in [9.17, 15) is 4.79 Å². The lowest BCUT2D eigenvalue weighted by atomic mass is 9.65. The molecule has 0 aromatic rings. The zero-order chi connectivity index (χ0) is 14.8. The molecule has 116 valence electrons. The third-order valence-electron chi connectivity index (χ3n) is 5.92. The molecule has 0 spiro atoms. The summed E-state index contributed by atoms with van der Waals surface area (Å²) in [6.45, 7) is 4.72. The molecule has 2 saturated carbocycles. The van der Waals surface area contributed by atoms with Gasteiger partial charge in [0.25, 0.3) is 0 Å². The standard InChI is InChI=1S/C16H31N3O/c1-3-16(4-2,10-17)19-15(20)13-8-11-6-5-7-12(9-13)14(11)18/h11-14H,3-10,17-18H2,1-2H3,(H,19,20). The van der Waals surface area contributed by atoms with Gasteiger partial charge in [-0.3, -0.25) is 4.79 Å². The van der Waals surface area contributed by atoms with Gasteiger partial charge in [-0.05, 0) is 50.4 Å². The Labute approximate surface area is 123 Å². The lowest BCUT2D eigenvalue weighted by molar-refractivity contribution is -0.130. The molecule has 2 aliphatic rings. The van der Waals surface area contributed by atoms with Crippen molar-refractivity contribution in [3.63, 3.8) is 0 Å². The molecule has 4 heteroatoms. The van der Waals surface area contributed by atoms with E-state index in [0.29, 0.717) is 24.4 Å². The molecule has 2 atom stereocenters. The Morgan fingerprint density at radius 3 is 2.20 bits per heavy atom. The average Bonchev–Trinajstić information content (AvgIpc) is 2.44. The summed E-state index contributed by atoms with van der Waals surface area (Å²) in [4.78, 5) is 12.6. The van der Waals surface area contributed by atoms with Crippen molar-refractivity contribution in [3.8, 4) is 0 Å². The first-order valence-electron chi connectivity index (χ1n) is 8.33. The maximum absolute atomic E-state index is 12.6. The predicted octanol–water partition coefficient (Wildman–Crippen LogP) is 1.77. The Bertz CT molecular complexity index is 318. The fraction of sp³-hybridized carbons (Fsp3) is 0.938. The van der Waals surface area contributed by atoms with Gasteiger partial charge in [0.15, 0.2) is 0 Å². The first kappa shape index (κ1) is 15.8. The van der Waals surface area contributed by atoms with Crippen molar-refractivity contribution in [2.75, 3.05) is 6.54 Å². The second kappa shape index (κ2) is 6.44. The van der Waals surface area contributed by atoms with Crippen molar-refractivity contribution in [2.45, 2.75) is 70.4 Å². The number of hydrogen-bond acceptors (Lipinski definition) is 3. The number of nitrogens with one attached hydrogen (secondary N) is 1. The summed E-state index contributed by atoms with van der Waals surface area (Å²) in [5.74, 6) is 1.46. The maximum Gasteiger partial charge on any atom is 0.223 e. The molecular weight excluding hydrogens is 250 g/mol. The van der Waals surface area contributed by atoms with E-state index >= 15 is 0 Å². The first-order valence-corrected chi connectivity index (χ1v) is 8.33. The molecule has 2 unspecified atom stereocenters. The molecule has 2 fully saturated rings. The van der Waals surface area contributed by atoms with Crippen LogP contribution in [0, 0.1) is 17.8 Å². The number of hydrogen-bond donors (Lipinski definition) is 3. The van der Waals surface area contributed by atoms with Gasteiger partial charge in [0.2, 0.25) is 5.91 Å². The van der Waals surface area contributed by atoms with Gasteiger partial charge in [0.1, 0.15) is 0 Å². The van der Waals surface area contributed by atoms with Gasteiger partial charge in [0, 0.05) is 18.5 Å². The van der Waals surface area contributed by atoms with Crippen LogP contribution in [0.4, 0.5) is 0 Å².